The van der Waals surface area contributed by atoms with Crippen LogP contribution < -0.4 is 20.1 Å². The Hall–Kier alpha value is -1.95. The normalized spacial score (nSPS) is 17.6. The summed E-state index contributed by atoms with van der Waals surface area (Å²) in [7, 11) is 1.79. The Balaban J connectivity index is 1.53. The van der Waals surface area contributed by atoms with E-state index in [1.807, 2.05) is 18.2 Å². The lowest BCUT2D eigenvalue weighted by Crippen LogP contribution is -2.41. The molecule has 1 aromatic carbocycles. The number of rotatable bonds is 6. The second-order valence-electron chi connectivity index (χ2n) is 6.90. The second-order valence-corrected chi connectivity index (χ2v) is 6.90. The van der Waals surface area contributed by atoms with Gasteiger partial charge in [0.25, 0.3) is 0 Å². The van der Waals surface area contributed by atoms with E-state index in [0.29, 0.717) is 19.3 Å². The molecule has 1 fully saturated rings. The molecule has 3 rings (SSSR count). The standard InChI is InChI=1S/C19H30N4O2/c1-14(2)23(16-6-7-16)10-9-21-19(20-3)22-15-5-8-17-18(13-15)25-12-4-11-24-17/h5,8,13-14,16H,4,6-7,9-12H2,1-3H3,(H2,20,21,22). The van der Waals surface area contributed by atoms with Gasteiger partial charge in [-0.1, -0.05) is 0 Å². The number of anilines is 1. The number of nitrogens with zero attached hydrogens (tertiary/aromatic N) is 2. The van der Waals surface area contributed by atoms with Crippen LogP contribution in [0.15, 0.2) is 23.2 Å². The Morgan fingerprint density at radius 2 is 2.00 bits per heavy atom. The summed E-state index contributed by atoms with van der Waals surface area (Å²) in [6.07, 6.45) is 3.58. The number of ether oxygens (including phenoxy) is 2. The van der Waals surface area contributed by atoms with Gasteiger partial charge in [0.1, 0.15) is 0 Å². The summed E-state index contributed by atoms with van der Waals surface area (Å²) in [4.78, 5) is 6.88. The van der Waals surface area contributed by atoms with Gasteiger partial charge in [0.05, 0.1) is 13.2 Å². The molecule has 0 aromatic heterocycles. The summed E-state index contributed by atoms with van der Waals surface area (Å²) in [5, 5.41) is 6.74. The lowest BCUT2D eigenvalue weighted by Gasteiger charge is -2.26. The highest BCUT2D eigenvalue weighted by Gasteiger charge is 2.30. The Morgan fingerprint density at radius 1 is 1.24 bits per heavy atom. The van der Waals surface area contributed by atoms with E-state index in [-0.39, 0.29) is 0 Å². The molecule has 0 amide bonds. The lowest BCUT2D eigenvalue weighted by atomic mass is 10.2. The molecule has 1 aliphatic carbocycles. The molecule has 0 saturated heterocycles. The number of nitrogens with one attached hydrogen (secondary N) is 2. The number of benzene rings is 1. The minimum absolute atomic E-state index is 0.589. The molecule has 1 aliphatic heterocycles. The molecular weight excluding hydrogens is 316 g/mol. The van der Waals surface area contributed by atoms with Crippen molar-refractivity contribution in [2.24, 2.45) is 4.99 Å². The third-order valence-electron chi connectivity index (χ3n) is 4.58. The van der Waals surface area contributed by atoms with Crippen molar-refractivity contribution < 1.29 is 9.47 Å². The molecule has 0 atom stereocenters. The first-order chi connectivity index (χ1) is 12.2. The molecule has 0 unspecified atom stereocenters. The second kappa shape index (κ2) is 8.43. The summed E-state index contributed by atoms with van der Waals surface area (Å²) in [5.74, 6) is 2.37. The van der Waals surface area contributed by atoms with Crippen LogP contribution in [0.5, 0.6) is 11.5 Å². The highest BCUT2D eigenvalue weighted by atomic mass is 16.5. The highest BCUT2D eigenvalue weighted by molar-refractivity contribution is 5.93. The van der Waals surface area contributed by atoms with Crippen molar-refractivity contribution in [3.05, 3.63) is 18.2 Å². The van der Waals surface area contributed by atoms with Gasteiger partial charge in [-0.25, -0.2) is 0 Å². The lowest BCUT2D eigenvalue weighted by molar-refractivity contribution is 0.215. The minimum atomic E-state index is 0.589. The van der Waals surface area contributed by atoms with Gasteiger partial charge in [0.2, 0.25) is 0 Å². The zero-order valence-electron chi connectivity index (χ0n) is 15.5. The summed E-state index contributed by atoms with van der Waals surface area (Å²) in [6, 6.07) is 7.27. The molecule has 0 bridgehead atoms. The molecule has 1 aromatic rings. The molecule has 1 heterocycles. The first kappa shape index (κ1) is 17.9. The molecular formula is C19H30N4O2. The molecule has 0 spiro atoms. The summed E-state index contributed by atoms with van der Waals surface area (Å²) >= 11 is 0. The van der Waals surface area contributed by atoms with Gasteiger partial charge in [-0.2, -0.15) is 0 Å². The molecule has 1 saturated carbocycles. The van der Waals surface area contributed by atoms with Gasteiger partial charge >= 0.3 is 0 Å². The van der Waals surface area contributed by atoms with Crippen LogP contribution in [-0.2, 0) is 0 Å². The maximum Gasteiger partial charge on any atom is 0.195 e. The zero-order chi connectivity index (χ0) is 17.6. The number of aliphatic imine (C=N–C) groups is 1. The Labute approximate surface area is 150 Å². The zero-order valence-corrected chi connectivity index (χ0v) is 15.5. The summed E-state index contributed by atoms with van der Waals surface area (Å²) in [5.41, 5.74) is 0.945. The van der Waals surface area contributed by atoms with E-state index in [2.05, 4.69) is 34.4 Å². The Kier molecular flexibility index (Phi) is 6.02. The molecule has 6 nitrogen and oxygen atoms in total. The Morgan fingerprint density at radius 3 is 2.68 bits per heavy atom. The third-order valence-corrected chi connectivity index (χ3v) is 4.58. The van der Waals surface area contributed by atoms with Crippen molar-refractivity contribution in [3.63, 3.8) is 0 Å². The average Bonchev–Trinajstić information content (AvgIpc) is 3.43. The average molecular weight is 346 g/mol. The topological polar surface area (TPSA) is 58.1 Å². The number of hydrogen-bond acceptors (Lipinski definition) is 4. The van der Waals surface area contributed by atoms with Gasteiger partial charge in [-0.15, -0.1) is 0 Å². The van der Waals surface area contributed by atoms with Crippen molar-refractivity contribution in [2.75, 3.05) is 38.7 Å². The van der Waals surface area contributed by atoms with Crippen LogP contribution in [0.3, 0.4) is 0 Å². The molecule has 138 valence electrons. The van der Waals surface area contributed by atoms with E-state index >= 15 is 0 Å². The molecule has 6 heteroatoms. The van der Waals surface area contributed by atoms with E-state index in [4.69, 9.17) is 9.47 Å². The SMILES string of the molecule is CN=C(NCCN(C(C)C)C1CC1)Nc1ccc2c(c1)OCCCO2. The fourth-order valence-corrected chi connectivity index (χ4v) is 3.13. The number of hydrogen-bond donors (Lipinski definition) is 2. The molecule has 2 N–H and O–H groups in total. The summed E-state index contributed by atoms with van der Waals surface area (Å²) in [6.45, 7) is 7.83. The summed E-state index contributed by atoms with van der Waals surface area (Å²) < 4.78 is 11.4. The van der Waals surface area contributed by atoms with Crippen molar-refractivity contribution in [2.45, 2.75) is 45.2 Å². The fraction of sp³-hybridized carbons (Fsp3) is 0.632. The first-order valence-corrected chi connectivity index (χ1v) is 9.30. The third kappa shape index (κ3) is 5.01. The largest absolute Gasteiger partial charge is 0.490 e. The van der Waals surface area contributed by atoms with Crippen molar-refractivity contribution in [1.29, 1.82) is 0 Å². The van der Waals surface area contributed by atoms with E-state index in [1.54, 1.807) is 7.05 Å². The maximum absolute atomic E-state index is 5.74. The number of fused-ring (bicyclic) bond motifs is 1. The van der Waals surface area contributed by atoms with Gasteiger partial charge in [0, 0.05) is 50.4 Å². The van der Waals surface area contributed by atoms with E-state index in [9.17, 15) is 0 Å². The van der Waals surface area contributed by atoms with Crippen LogP contribution in [-0.4, -0.2) is 56.3 Å². The predicted octanol–water partition coefficient (Wildman–Crippen LogP) is 2.71. The highest BCUT2D eigenvalue weighted by Crippen LogP contribution is 2.32. The van der Waals surface area contributed by atoms with Crippen LogP contribution in [0.2, 0.25) is 0 Å². The Bertz CT molecular complexity index is 597. The van der Waals surface area contributed by atoms with E-state index in [0.717, 1.165) is 48.7 Å². The minimum Gasteiger partial charge on any atom is -0.490 e. The van der Waals surface area contributed by atoms with Gasteiger partial charge in [0.15, 0.2) is 17.5 Å². The number of guanidine groups is 1. The predicted molar refractivity (Wildman–Crippen MR) is 102 cm³/mol. The van der Waals surface area contributed by atoms with Crippen molar-refractivity contribution >= 4 is 11.6 Å². The van der Waals surface area contributed by atoms with Crippen molar-refractivity contribution in [1.82, 2.24) is 10.2 Å². The molecule has 25 heavy (non-hydrogen) atoms. The van der Waals surface area contributed by atoms with Crippen LogP contribution in [0, 0.1) is 0 Å². The van der Waals surface area contributed by atoms with Crippen LogP contribution >= 0.6 is 0 Å². The van der Waals surface area contributed by atoms with Crippen LogP contribution in [0.25, 0.3) is 0 Å². The van der Waals surface area contributed by atoms with Crippen molar-refractivity contribution in [3.8, 4) is 11.5 Å². The quantitative estimate of drug-likeness (QED) is 0.613. The van der Waals surface area contributed by atoms with Crippen LogP contribution in [0.1, 0.15) is 33.1 Å². The van der Waals surface area contributed by atoms with Gasteiger partial charge < -0.3 is 20.1 Å². The fourth-order valence-electron chi connectivity index (χ4n) is 3.13. The van der Waals surface area contributed by atoms with E-state index < -0.39 is 0 Å². The smallest absolute Gasteiger partial charge is 0.195 e. The van der Waals surface area contributed by atoms with E-state index in [1.165, 1.54) is 12.8 Å². The van der Waals surface area contributed by atoms with Gasteiger partial charge in [-0.05, 0) is 38.8 Å². The monoisotopic (exact) mass is 346 g/mol. The first-order valence-electron chi connectivity index (χ1n) is 9.30. The maximum atomic E-state index is 5.74. The van der Waals surface area contributed by atoms with Gasteiger partial charge in [-0.3, -0.25) is 9.89 Å². The molecule has 2 aliphatic rings. The van der Waals surface area contributed by atoms with Crippen LogP contribution in [0.4, 0.5) is 5.69 Å². The molecule has 0 radical (unpaired) electrons.